The molecule has 0 radical (unpaired) electrons. The molecule has 0 aromatic heterocycles. The van der Waals surface area contributed by atoms with E-state index in [9.17, 15) is 0 Å². The molecule has 23 heavy (non-hydrogen) atoms. The van der Waals surface area contributed by atoms with Gasteiger partial charge in [0, 0.05) is 32.7 Å². The zero-order chi connectivity index (χ0) is 15.9. The smallest absolute Gasteiger partial charge is 0.108 e. The summed E-state index contributed by atoms with van der Waals surface area (Å²) >= 11 is 0. The molecule has 3 rings (SSSR count). The third-order valence-corrected chi connectivity index (χ3v) is 4.38. The van der Waals surface area contributed by atoms with Crippen molar-refractivity contribution >= 4 is 0 Å². The SMILES string of the molecule is Cc1ccc(C(OCCN2CCNCC2)c2ccccc2)cc1. The number of aryl methyl sites for hydroxylation is 1. The van der Waals surface area contributed by atoms with Gasteiger partial charge < -0.3 is 10.1 Å². The van der Waals surface area contributed by atoms with Crippen LogP contribution < -0.4 is 5.32 Å². The Balaban J connectivity index is 1.66. The van der Waals surface area contributed by atoms with Crippen LogP contribution in [0.1, 0.15) is 22.8 Å². The zero-order valence-corrected chi connectivity index (χ0v) is 13.9. The summed E-state index contributed by atoms with van der Waals surface area (Å²) in [6, 6.07) is 19.2. The summed E-state index contributed by atoms with van der Waals surface area (Å²) in [6.07, 6.45) is 0.0136. The zero-order valence-electron chi connectivity index (χ0n) is 13.9. The third kappa shape index (κ3) is 4.64. The molecule has 3 nitrogen and oxygen atoms in total. The van der Waals surface area contributed by atoms with E-state index in [1.54, 1.807) is 0 Å². The van der Waals surface area contributed by atoms with Gasteiger partial charge in [0.15, 0.2) is 0 Å². The second kappa shape index (κ2) is 8.25. The third-order valence-electron chi connectivity index (χ3n) is 4.38. The number of ether oxygens (including phenoxy) is 1. The van der Waals surface area contributed by atoms with Crippen molar-refractivity contribution in [3.05, 3.63) is 71.3 Å². The van der Waals surface area contributed by atoms with Crippen LogP contribution in [0.3, 0.4) is 0 Å². The Morgan fingerprint density at radius 3 is 2.30 bits per heavy atom. The number of hydrogen-bond acceptors (Lipinski definition) is 3. The lowest BCUT2D eigenvalue weighted by atomic mass is 10.0. The van der Waals surface area contributed by atoms with Crippen LogP contribution in [-0.4, -0.2) is 44.2 Å². The number of piperazine rings is 1. The highest BCUT2D eigenvalue weighted by Gasteiger charge is 2.16. The fourth-order valence-electron chi connectivity index (χ4n) is 2.99. The number of rotatable bonds is 6. The molecular formula is C20H26N2O. The number of benzene rings is 2. The van der Waals surface area contributed by atoms with Crippen molar-refractivity contribution in [2.45, 2.75) is 13.0 Å². The summed E-state index contributed by atoms with van der Waals surface area (Å²) in [6.45, 7) is 8.27. The molecule has 0 saturated carbocycles. The Kier molecular flexibility index (Phi) is 5.81. The van der Waals surface area contributed by atoms with E-state index in [4.69, 9.17) is 4.74 Å². The summed E-state index contributed by atoms with van der Waals surface area (Å²) in [4.78, 5) is 2.47. The van der Waals surface area contributed by atoms with E-state index in [0.29, 0.717) is 0 Å². The first kappa shape index (κ1) is 16.2. The lowest BCUT2D eigenvalue weighted by Crippen LogP contribution is -2.44. The molecule has 2 aromatic carbocycles. The molecule has 3 heteroatoms. The maximum Gasteiger partial charge on any atom is 0.108 e. The summed E-state index contributed by atoms with van der Waals surface area (Å²) in [5.74, 6) is 0. The molecule has 1 aliphatic heterocycles. The predicted molar refractivity (Wildman–Crippen MR) is 94.7 cm³/mol. The van der Waals surface area contributed by atoms with E-state index in [2.05, 4.69) is 71.7 Å². The van der Waals surface area contributed by atoms with E-state index in [1.807, 2.05) is 0 Å². The number of hydrogen-bond donors (Lipinski definition) is 1. The largest absolute Gasteiger partial charge is 0.367 e. The van der Waals surface area contributed by atoms with Gasteiger partial charge in [-0.2, -0.15) is 0 Å². The summed E-state index contributed by atoms with van der Waals surface area (Å²) in [7, 11) is 0. The van der Waals surface area contributed by atoms with Crippen LogP contribution in [-0.2, 0) is 4.74 Å². The minimum Gasteiger partial charge on any atom is -0.367 e. The maximum atomic E-state index is 6.29. The van der Waals surface area contributed by atoms with Gasteiger partial charge in [-0.3, -0.25) is 4.90 Å². The highest BCUT2D eigenvalue weighted by molar-refractivity contribution is 5.31. The van der Waals surface area contributed by atoms with Gasteiger partial charge in [-0.25, -0.2) is 0 Å². The molecule has 1 saturated heterocycles. The van der Waals surface area contributed by atoms with Gasteiger partial charge in [0.2, 0.25) is 0 Å². The van der Waals surface area contributed by atoms with Gasteiger partial charge in [0.05, 0.1) is 6.61 Å². The molecule has 0 spiro atoms. The number of nitrogens with one attached hydrogen (secondary N) is 1. The molecule has 0 bridgehead atoms. The summed E-state index contributed by atoms with van der Waals surface area (Å²) in [5.41, 5.74) is 3.72. The molecule has 0 amide bonds. The first-order valence-electron chi connectivity index (χ1n) is 8.49. The van der Waals surface area contributed by atoms with Crippen LogP contribution in [0.25, 0.3) is 0 Å². The van der Waals surface area contributed by atoms with E-state index in [1.165, 1.54) is 16.7 Å². The number of nitrogens with zero attached hydrogens (tertiary/aromatic N) is 1. The highest BCUT2D eigenvalue weighted by Crippen LogP contribution is 2.26. The Morgan fingerprint density at radius 2 is 1.61 bits per heavy atom. The topological polar surface area (TPSA) is 24.5 Å². The van der Waals surface area contributed by atoms with Crippen molar-refractivity contribution in [1.29, 1.82) is 0 Å². The molecule has 1 unspecified atom stereocenters. The Bertz CT molecular complexity index is 576. The molecule has 1 aliphatic rings. The van der Waals surface area contributed by atoms with Crippen LogP contribution in [0, 0.1) is 6.92 Å². The fourth-order valence-corrected chi connectivity index (χ4v) is 2.99. The summed E-state index contributed by atoms with van der Waals surface area (Å²) < 4.78 is 6.29. The van der Waals surface area contributed by atoms with Crippen molar-refractivity contribution in [3.63, 3.8) is 0 Å². The highest BCUT2D eigenvalue weighted by atomic mass is 16.5. The predicted octanol–water partition coefficient (Wildman–Crippen LogP) is 3.01. The van der Waals surface area contributed by atoms with Crippen LogP contribution >= 0.6 is 0 Å². The standard InChI is InChI=1S/C20H26N2O/c1-17-7-9-19(10-8-17)20(18-5-3-2-4-6-18)23-16-15-22-13-11-21-12-14-22/h2-10,20-21H,11-16H2,1H3. The van der Waals surface area contributed by atoms with Crippen molar-refractivity contribution in [3.8, 4) is 0 Å². The molecule has 122 valence electrons. The fraction of sp³-hybridized carbons (Fsp3) is 0.400. The molecule has 1 fully saturated rings. The molecular weight excluding hydrogens is 284 g/mol. The Hall–Kier alpha value is -1.68. The van der Waals surface area contributed by atoms with Crippen LogP contribution in [0.15, 0.2) is 54.6 Å². The first-order chi connectivity index (χ1) is 11.3. The van der Waals surface area contributed by atoms with E-state index in [-0.39, 0.29) is 6.10 Å². The maximum absolute atomic E-state index is 6.29. The second-order valence-corrected chi connectivity index (χ2v) is 6.16. The van der Waals surface area contributed by atoms with Crippen molar-refractivity contribution in [2.75, 3.05) is 39.3 Å². The Labute approximate surface area is 139 Å². The minimum atomic E-state index is 0.0136. The Morgan fingerprint density at radius 1 is 0.957 bits per heavy atom. The second-order valence-electron chi connectivity index (χ2n) is 6.16. The van der Waals surface area contributed by atoms with E-state index in [0.717, 1.165) is 39.3 Å². The van der Waals surface area contributed by atoms with Crippen LogP contribution in [0.4, 0.5) is 0 Å². The quantitative estimate of drug-likeness (QED) is 0.887. The van der Waals surface area contributed by atoms with Gasteiger partial charge in [-0.15, -0.1) is 0 Å². The molecule has 2 aromatic rings. The first-order valence-corrected chi connectivity index (χ1v) is 8.49. The average molecular weight is 310 g/mol. The van der Waals surface area contributed by atoms with Crippen molar-refractivity contribution < 1.29 is 4.74 Å². The molecule has 1 atom stereocenters. The van der Waals surface area contributed by atoms with Gasteiger partial charge in [0.1, 0.15) is 6.10 Å². The minimum absolute atomic E-state index is 0.0136. The van der Waals surface area contributed by atoms with Gasteiger partial charge >= 0.3 is 0 Å². The van der Waals surface area contributed by atoms with Crippen LogP contribution in [0.5, 0.6) is 0 Å². The van der Waals surface area contributed by atoms with Gasteiger partial charge in [0.25, 0.3) is 0 Å². The molecule has 1 N–H and O–H groups in total. The van der Waals surface area contributed by atoms with E-state index >= 15 is 0 Å². The van der Waals surface area contributed by atoms with E-state index < -0.39 is 0 Å². The van der Waals surface area contributed by atoms with Crippen molar-refractivity contribution in [1.82, 2.24) is 10.2 Å². The molecule has 0 aliphatic carbocycles. The lowest BCUT2D eigenvalue weighted by molar-refractivity contribution is 0.0573. The van der Waals surface area contributed by atoms with Crippen molar-refractivity contribution in [2.24, 2.45) is 0 Å². The average Bonchev–Trinajstić information content (AvgIpc) is 2.61. The lowest BCUT2D eigenvalue weighted by Gasteiger charge is -2.28. The normalized spacial score (nSPS) is 17.1. The van der Waals surface area contributed by atoms with Gasteiger partial charge in [-0.1, -0.05) is 60.2 Å². The monoisotopic (exact) mass is 310 g/mol. The van der Waals surface area contributed by atoms with Crippen LogP contribution in [0.2, 0.25) is 0 Å². The molecule has 1 heterocycles. The summed E-state index contributed by atoms with van der Waals surface area (Å²) in [5, 5.41) is 3.39. The van der Waals surface area contributed by atoms with Gasteiger partial charge in [-0.05, 0) is 18.1 Å².